The van der Waals surface area contributed by atoms with Crippen LogP contribution in [0.15, 0.2) is 24.3 Å². The molecule has 4 nitrogen and oxygen atoms in total. The van der Waals surface area contributed by atoms with Gasteiger partial charge in [0.1, 0.15) is 5.75 Å². The summed E-state index contributed by atoms with van der Waals surface area (Å²) in [5.41, 5.74) is 1.18. The summed E-state index contributed by atoms with van der Waals surface area (Å²) < 4.78 is 5.23. The van der Waals surface area contributed by atoms with Gasteiger partial charge in [-0.2, -0.15) is 0 Å². The Kier molecular flexibility index (Phi) is 3.66. The van der Waals surface area contributed by atoms with E-state index in [1.807, 2.05) is 12.1 Å². The van der Waals surface area contributed by atoms with E-state index in [2.05, 4.69) is 36.3 Å². The number of likely N-dealkylation sites (N-methyl/N-ethyl adjacent to an activating group) is 1. The Morgan fingerprint density at radius 1 is 1.33 bits per heavy atom. The van der Waals surface area contributed by atoms with Crippen molar-refractivity contribution < 1.29 is 9.53 Å². The largest absolute Gasteiger partial charge is 0.497 e. The monoisotopic (exact) mass is 288 g/mol. The van der Waals surface area contributed by atoms with E-state index >= 15 is 0 Å². The lowest BCUT2D eigenvalue weighted by molar-refractivity contribution is -0.122. The first kappa shape index (κ1) is 14.4. The quantitative estimate of drug-likeness (QED) is 0.909. The second-order valence-corrected chi connectivity index (χ2v) is 6.53. The van der Waals surface area contributed by atoms with Gasteiger partial charge in [0.05, 0.1) is 12.6 Å². The minimum Gasteiger partial charge on any atom is -0.497 e. The first-order valence-corrected chi connectivity index (χ1v) is 7.70. The number of nitrogens with zero attached hydrogens (tertiary/aromatic N) is 1. The van der Waals surface area contributed by atoms with Crippen LogP contribution < -0.4 is 10.1 Å². The first-order chi connectivity index (χ1) is 10.0. The Bertz CT molecular complexity index is 528. The predicted octanol–water partition coefficient (Wildman–Crippen LogP) is 2.50. The van der Waals surface area contributed by atoms with Crippen molar-refractivity contribution >= 4 is 5.91 Å². The van der Waals surface area contributed by atoms with E-state index in [-0.39, 0.29) is 11.4 Å². The van der Waals surface area contributed by atoms with Crippen molar-refractivity contribution in [3.63, 3.8) is 0 Å². The summed E-state index contributed by atoms with van der Waals surface area (Å²) in [7, 11) is 3.87. The number of hydrogen-bond donors (Lipinski definition) is 1. The molecule has 3 rings (SSSR count). The first-order valence-electron chi connectivity index (χ1n) is 7.70. The zero-order chi connectivity index (χ0) is 15.0. The topological polar surface area (TPSA) is 41.6 Å². The van der Waals surface area contributed by atoms with E-state index in [1.54, 1.807) is 7.11 Å². The highest BCUT2D eigenvalue weighted by Crippen LogP contribution is 2.44. The Labute approximate surface area is 126 Å². The SMILES string of the molecule is COc1ccc([C@@H]2C[C@]3(C)NC(=O)CCC[C@@H]3N2C)cc1. The average molecular weight is 288 g/mol. The summed E-state index contributed by atoms with van der Waals surface area (Å²) in [5, 5.41) is 3.26. The van der Waals surface area contributed by atoms with Crippen molar-refractivity contribution in [2.24, 2.45) is 0 Å². The minimum absolute atomic E-state index is 0.118. The zero-order valence-electron chi connectivity index (χ0n) is 13.1. The minimum atomic E-state index is -0.118. The number of ether oxygens (including phenoxy) is 1. The highest BCUT2D eigenvalue weighted by molar-refractivity contribution is 5.77. The van der Waals surface area contributed by atoms with Gasteiger partial charge in [-0.05, 0) is 50.9 Å². The van der Waals surface area contributed by atoms with Crippen LogP contribution in [-0.4, -0.2) is 36.5 Å². The van der Waals surface area contributed by atoms with E-state index in [4.69, 9.17) is 4.74 Å². The predicted molar refractivity (Wildman–Crippen MR) is 82.3 cm³/mol. The summed E-state index contributed by atoms with van der Waals surface area (Å²) in [6.45, 7) is 2.20. The van der Waals surface area contributed by atoms with E-state index in [0.717, 1.165) is 25.0 Å². The molecule has 2 fully saturated rings. The van der Waals surface area contributed by atoms with Crippen LogP contribution in [0.4, 0.5) is 0 Å². The third-order valence-corrected chi connectivity index (χ3v) is 5.14. The molecule has 2 aliphatic rings. The molecule has 2 aliphatic heterocycles. The Hall–Kier alpha value is -1.55. The lowest BCUT2D eigenvalue weighted by Gasteiger charge is -2.32. The summed E-state index contributed by atoms with van der Waals surface area (Å²) in [6.07, 6.45) is 3.68. The maximum atomic E-state index is 11.9. The molecule has 0 aliphatic carbocycles. The van der Waals surface area contributed by atoms with Gasteiger partial charge < -0.3 is 10.1 Å². The van der Waals surface area contributed by atoms with E-state index < -0.39 is 0 Å². The number of likely N-dealkylation sites (tertiary alicyclic amines) is 1. The molecular formula is C17H24N2O2. The number of methoxy groups -OCH3 is 1. The van der Waals surface area contributed by atoms with E-state index in [0.29, 0.717) is 18.5 Å². The van der Waals surface area contributed by atoms with Gasteiger partial charge in [-0.1, -0.05) is 12.1 Å². The molecule has 0 spiro atoms. The number of benzene rings is 1. The van der Waals surface area contributed by atoms with Crippen LogP contribution in [-0.2, 0) is 4.79 Å². The molecule has 0 bridgehead atoms. The Balaban J connectivity index is 1.86. The molecule has 1 amide bonds. The number of fused-ring (bicyclic) bond motifs is 1. The van der Waals surface area contributed by atoms with Crippen LogP contribution in [0.1, 0.15) is 44.2 Å². The van der Waals surface area contributed by atoms with Crippen LogP contribution >= 0.6 is 0 Å². The van der Waals surface area contributed by atoms with Crippen LogP contribution in [0.25, 0.3) is 0 Å². The number of nitrogens with one attached hydrogen (secondary N) is 1. The fraction of sp³-hybridized carbons (Fsp3) is 0.588. The molecule has 2 heterocycles. The van der Waals surface area contributed by atoms with E-state index in [1.165, 1.54) is 5.56 Å². The molecule has 0 unspecified atom stereocenters. The molecule has 1 N–H and O–H groups in total. The average Bonchev–Trinajstić information content (AvgIpc) is 2.62. The summed E-state index contributed by atoms with van der Waals surface area (Å²) in [5.74, 6) is 1.08. The Morgan fingerprint density at radius 3 is 2.71 bits per heavy atom. The number of rotatable bonds is 2. The van der Waals surface area contributed by atoms with E-state index in [9.17, 15) is 4.79 Å². The lowest BCUT2D eigenvalue weighted by atomic mass is 9.88. The smallest absolute Gasteiger partial charge is 0.220 e. The maximum Gasteiger partial charge on any atom is 0.220 e. The van der Waals surface area contributed by atoms with Gasteiger partial charge in [0, 0.05) is 18.5 Å². The van der Waals surface area contributed by atoms with Gasteiger partial charge in [-0.25, -0.2) is 0 Å². The number of amides is 1. The fourth-order valence-corrected chi connectivity index (χ4v) is 4.02. The molecule has 0 saturated carbocycles. The van der Waals surface area contributed by atoms with Crippen molar-refractivity contribution in [3.8, 4) is 5.75 Å². The number of hydrogen-bond acceptors (Lipinski definition) is 3. The molecule has 3 atom stereocenters. The van der Waals surface area contributed by atoms with Crippen molar-refractivity contribution in [3.05, 3.63) is 29.8 Å². The van der Waals surface area contributed by atoms with Crippen molar-refractivity contribution in [1.29, 1.82) is 0 Å². The standard InChI is InChI=1S/C17H24N2O2/c1-17-11-14(12-7-9-13(21-3)10-8-12)19(2)15(17)5-4-6-16(20)18-17/h7-10,14-15H,4-6,11H2,1-3H3,(H,18,20)/t14-,15-,17-/m0/s1. The molecule has 1 aromatic rings. The molecule has 0 aromatic heterocycles. The molecule has 4 heteroatoms. The van der Waals surface area contributed by atoms with Crippen molar-refractivity contribution in [1.82, 2.24) is 10.2 Å². The van der Waals surface area contributed by atoms with Crippen LogP contribution in [0.3, 0.4) is 0 Å². The molecule has 114 valence electrons. The number of carbonyl (C=O) groups is 1. The Morgan fingerprint density at radius 2 is 2.05 bits per heavy atom. The van der Waals surface area contributed by atoms with Gasteiger partial charge in [-0.3, -0.25) is 9.69 Å². The summed E-state index contributed by atoms with van der Waals surface area (Å²) in [6, 6.07) is 9.06. The van der Waals surface area contributed by atoms with Crippen LogP contribution in [0.2, 0.25) is 0 Å². The molecule has 2 saturated heterocycles. The molecular weight excluding hydrogens is 264 g/mol. The van der Waals surface area contributed by atoms with Crippen LogP contribution in [0, 0.1) is 0 Å². The third kappa shape index (κ3) is 2.53. The van der Waals surface area contributed by atoms with Gasteiger partial charge >= 0.3 is 0 Å². The molecule has 1 aromatic carbocycles. The van der Waals surface area contributed by atoms with Gasteiger partial charge in [0.25, 0.3) is 0 Å². The zero-order valence-corrected chi connectivity index (χ0v) is 13.1. The number of carbonyl (C=O) groups excluding carboxylic acids is 1. The normalized spacial score (nSPS) is 33.2. The second kappa shape index (κ2) is 5.34. The third-order valence-electron chi connectivity index (χ3n) is 5.14. The van der Waals surface area contributed by atoms with Gasteiger partial charge in [-0.15, -0.1) is 0 Å². The molecule has 0 radical (unpaired) electrons. The summed E-state index contributed by atoms with van der Waals surface area (Å²) in [4.78, 5) is 14.4. The highest BCUT2D eigenvalue weighted by atomic mass is 16.5. The second-order valence-electron chi connectivity index (χ2n) is 6.53. The van der Waals surface area contributed by atoms with Gasteiger partial charge in [0.2, 0.25) is 5.91 Å². The summed E-state index contributed by atoms with van der Waals surface area (Å²) >= 11 is 0. The van der Waals surface area contributed by atoms with Crippen molar-refractivity contribution in [2.45, 2.75) is 50.2 Å². The van der Waals surface area contributed by atoms with Crippen molar-refractivity contribution in [2.75, 3.05) is 14.2 Å². The molecule has 21 heavy (non-hydrogen) atoms. The highest BCUT2D eigenvalue weighted by Gasteiger charge is 2.49. The van der Waals surface area contributed by atoms with Gasteiger partial charge in [0.15, 0.2) is 0 Å². The maximum absolute atomic E-state index is 11.9. The van der Waals surface area contributed by atoms with Crippen LogP contribution in [0.5, 0.6) is 5.75 Å². The fourth-order valence-electron chi connectivity index (χ4n) is 4.02. The lowest BCUT2D eigenvalue weighted by Crippen LogP contribution is -2.52.